The summed E-state index contributed by atoms with van der Waals surface area (Å²) in [6, 6.07) is 9.13. The molecule has 1 aliphatic heterocycles. The summed E-state index contributed by atoms with van der Waals surface area (Å²) in [7, 11) is 0. The highest BCUT2D eigenvalue weighted by atomic mass is 35.5. The molecule has 0 spiro atoms. The number of nitrogens with zero attached hydrogens (tertiary/aromatic N) is 5. The zero-order valence-corrected chi connectivity index (χ0v) is 16.8. The van der Waals surface area contributed by atoms with Gasteiger partial charge in [0.05, 0.1) is 0 Å². The number of carbonyl (C=O) groups excluding carboxylic acids is 1. The van der Waals surface area contributed by atoms with E-state index in [1.165, 1.54) is 17.2 Å². The summed E-state index contributed by atoms with van der Waals surface area (Å²) >= 11 is 6.10. The van der Waals surface area contributed by atoms with Crippen molar-refractivity contribution in [1.29, 1.82) is 0 Å². The van der Waals surface area contributed by atoms with E-state index in [1.807, 2.05) is 24.3 Å². The molecule has 1 amide bonds. The first-order chi connectivity index (χ1) is 14.1. The van der Waals surface area contributed by atoms with Crippen molar-refractivity contribution < 1.29 is 4.79 Å². The molecular formula is C20H23ClN6O2. The van der Waals surface area contributed by atoms with Gasteiger partial charge in [-0.3, -0.25) is 4.79 Å². The predicted molar refractivity (Wildman–Crippen MR) is 111 cm³/mol. The second kappa shape index (κ2) is 8.65. The summed E-state index contributed by atoms with van der Waals surface area (Å²) < 4.78 is 2.50. The molecule has 0 bridgehead atoms. The smallest absolute Gasteiger partial charge is 0.352 e. The second-order valence-electron chi connectivity index (χ2n) is 7.17. The van der Waals surface area contributed by atoms with Gasteiger partial charge < -0.3 is 10.2 Å². The number of hydrogen-bond donors (Lipinski definition) is 1. The Balaban J connectivity index is 1.47. The van der Waals surface area contributed by atoms with Crippen LogP contribution in [0.4, 0.5) is 5.82 Å². The van der Waals surface area contributed by atoms with Crippen LogP contribution in [0.2, 0.25) is 5.02 Å². The standard InChI is InChI=1S/C20H23ClN6O2/c21-16-8-4-3-7-15(16)13-22-18(28)14-27-20(29)26-12-9-17(23-19(26)24-27)25-10-5-1-2-6-11-25/h3-4,7-9,12H,1-2,5-6,10-11,13-14H2,(H,22,28). The largest absolute Gasteiger partial charge is 0.356 e. The van der Waals surface area contributed by atoms with Gasteiger partial charge in [0.15, 0.2) is 0 Å². The minimum absolute atomic E-state index is 0.175. The van der Waals surface area contributed by atoms with Gasteiger partial charge >= 0.3 is 5.69 Å². The maximum atomic E-state index is 12.5. The van der Waals surface area contributed by atoms with E-state index in [0.29, 0.717) is 10.8 Å². The summed E-state index contributed by atoms with van der Waals surface area (Å²) in [5, 5.41) is 7.60. The lowest BCUT2D eigenvalue weighted by molar-refractivity contribution is -0.122. The topological polar surface area (TPSA) is 84.5 Å². The maximum Gasteiger partial charge on any atom is 0.352 e. The van der Waals surface area contributed by atoms with E-state index in [2.05, 4.69) is 20.3 Å². The fourth-order valence-corrected chi connectivity index (χ4v) is 3.71. The minimum atomic E-state index is -0.386. The summed E-state index contributed by atoms with van der Waals surface area (Å²) in [4.78, 5) is 31.6. The van der Waals surface area contributed by atoms with Crippen molar-refractivity contribution in [2.75, 3.05) is 18.0 Å². The average molecular weight is 415 g/mol. The van der Waals surface area contributed by atoms with E-state index in [1.54, 1.807) is 12.3 Å². The van der Waals surface area contributed by atoms with Crippen LogP contribution in [0.15, 0.2) is 41.3 Å². The molecule has 3 heterocycles. The molecule has 1 aromatic carbocycles. The Labute approximate surface area is 173 Å². The first-order valence-electron chi connectivity index (χ1n) is 9.83. The van der Waals surface area contributed by atoms with Crippen LogP contribution < -0.4 is 15.9 Å². The van der Waals surface area contributed by atoms with E-state index < -0.39 is 0 Å². The first kappa shape index (κ1) is 19.4. The highest BCUT2D eigenvalue weighted by Crippen LogP contribution is 2.17. The Morgan fingerprint density at radius 1 is 1.10 bits per heavy atom. The van der Waals surface area contributed by atoms with E-state index in [9.17, 15) is 9.59 Å². The van der Waals surface area contributed by atoms with Crippen LogP contribution in [0.25, 0.3) is 5.78 Å². The van der Waals surface area contributed by atoms with Crippen LogP contribution >= 0.6 is 11.6 Å². The molecule has 9 heteroatoms. The molecular weight excluding hydrogens is 392 g/mol. The fourth-order valence-electron chi connectivity index (χ4n) is 3.50. The number of rotatable bonds is 5. The van der Waals surface area contributed by atoms with Crippen molar-refractivity contribution in [3.8, 4) is 0 Å². The highest BCUT2D eigenvalue weighted by molar-refractivity contribution is 6.31. The van der Waals surface area contributed by atoms with Crippen molar-refractivity contribution in [2.45, 2.75) is 38.8 Å². The average Bonchev–Trinajstić information content (AvgIpc) is 2.90. The summed E-state index contributed by atoms with van der Waals surface area (Å²) in [5.74, 6) is 0.804. The van der Waals surface area contributed by atoms with E-state index in [4.69, 9.17) is 11.6 Å². The molecule has 1 N–H and O–H groups in total. The third-order valence-electron chi connectivity index (χ3n) is 5.10. The van der Waals surface area contributed by atoms with Crippen LogP contribution in [0.5, 0.6) is 0 Å². The van der Waals surface area contributed by atoms with Crippen LogP contribution in [0.1, 0.15) is 31.2 Å². The zero-order valence-electron chi connectivity index (χ0n) is 16.1. The third-order valence-corrected chi connectivity index (χ3v) is 5.47. The molecule has 3 aromatic rings. The van der Waals surface area contributed by atoms with Crippen molar-refractivity contribution in [3.05, 3.63) is 57.6 Å². The Morgan fingerprint density at radius 3 is 2.62 bits per heavy atom. The molecule has 2 aromatic heterocycles. The molecule has 1 saturated heterocycles. The van der Waals surface area contributed by atoms with Crippen LogP contribution in [0.3, 0.4) is 0 Å². The molecule has 152 valence electrons. The number of hydrogen-bond acceptors (Lipinski definition) is 5. The molecule has 0 saturated carbocycles. The normalized spacial score (nSPS) is 14.7. The van der Waals surface area contributed by atoms with Gasteiger partial charge in [0, 0.05) is 30.9 Å². The second-order valence-corrected chi connectivity index (χ2v) is 7.57. The van der Waals surface area contributed by atoms with Crippen molar-refractivity contribution in [1.82, 2.24) is 24.5 Å². The summed E-state index contributed by atoms with van der Waals surface area (Å²) in [6.07, 6.45) is 6.42. The molecule has 29 heavy (non-hydrogen) atoms. The van der Waals surface area contributed by atoms with Gasteiger partial charge in [-0.05, 0) is 30.5 Å². The van der Waals surface area contributed by atoms with Crippen LogP contribution in [-0.2, 0) is 17.9 Å². The number of nitrogens with one attached hydrogen (secondary N) is 1. The molecule has 0 atom stereocenters. The first-order valence-corrected chi connectivity index (χ1v) is 10.2. The number of amides is 1. The Morgan fingerprint density at radius 2 is 1.86 bits per heavy atom. The number of aromatic nitrogens is 4. The molecule has 4 rings (SSSR count). The number of halogens is 1. The summed E-state index contributed by atoms with van der Waals surface area (Å²) in [5.41, 5.74) is 0.427. The van der Waals surface area contributed by atoms with Crippen molar-refractivity contribution in [2.24, 2.45) is 0 Å². The van der Waals surface area contributed by atoms with Gasteiger partial charge in [-0.15, -0.1) is 5.10 Å². The van der Waals surface area contributed by atoms with Gasteiger partial charge in [0.1, 0.15) is 12.4 Å². The lowest BCUT2D eigenvalue weighted by atomic mass is 10.2. The number of benzene rings is 1. The van der Waals surface area contributed by atoms with Gasteiger partial charge in [0.2, 0.25) is 5.91 Å². The van der Waals surface area contributed by atoms with Gasteiger partial charge in [-0.2, -0.15) is 4.98 Å². The van der Waals surface area contributed by atoms with E-state index in [0.717, 1.165) is 42.0 Å². The van der Waals surface area contributed by atoms with Crippen LogP contribution in [0, 0.1) is 0 Å². The van der Waals surface area contributed by atoms with E-state index in [-0.39, 0.29) is 24.7 Å². The molecule has 1 fully saturated rings. The maximum absolute atomic E-state index is 12.5. The van der Waals surface area contributed by atoms with Gasteiger partial charge in [0.25, 0.3) is 5.78 Å². The Bertz CT molecular complexity index is 1070. The van der Waals surface area contributed by atoms with Gasteiger partial charge in [-0.1, -0.05) is 42.6 Å². The molecule has 8 nitrogen and oxygen atoms in total. The molecule has 0 radical (unpaired) electrons. The number of carbonyl (C=O) groups is 1. The Kier molecular flexibility index (Phi) is 5.80. The lowest BCUT2D eigenvalue weighted by Gasteiger charge is -2.20. The zero-order chi connectivity index (χ0) is 20.2. The highest BCUT2D eigenvalue weighted by Gasteiger charge is 2.15. The number of fused-ring (bicyclic) bond motifs is 1. The monoisotopic (exact) mass is 414 g/mol. The van der Waals surface area contributed by atoms with E-state index >= 15 is 0 Å². The SMILES string of the molecule is O=C(Cn1nc2nc(N3CCCCCC3)ccn2c1=O)NCc1ccccc1Cl. The fraction of sp³-hybridized carbons (Fsp3) is 0.400. The molecule has 0 unspecified atom stereocenters. The summed E-state index contributed by atoms with van der Waals surface area (Å²) in [6.45, 7) is 2.03. The molecule has 1 aliphatic rings. The lowest BCUT2D eigenvalue weighted by Crippen LogP contribution is -2.32. The quantitative estimate of drug-likeness (QED) is 0.692. The molecule has 0 aliphatic carbocycles. The van der Waals surface area contributed by atoms with Crippen LogP contribution in [-0.4, -0.2) is 38.2 Å². The third kappa shape index (κ3) is 4.42. The van der Waals surface area contributed by atoms with Crippen molar-refractivity contribution in [3.63, 3.8) is 0 Å². The predicted octanol–water partition coefficient (Wildman–Crippen LogP) is 2.24. The number of anilines is 1. The minimum Gasteiger partial charge on any atom is -0.356 e. The van der Waals surface area contributed by atoms with Gasteiger partial charge in [-0.25, -0.2) is 13.9 Å². The Hall–Kier alpha value is -2.87. The van der Waals surface area contributed by atoms with Crippen molar-refractivity contribution >= 4 is 29.1 Å².